The molecule has 0 unspecified atom stereocenters. The van der Waals surface area contributed by atoms with Gasteiger partial charge in [0.2, 0.25) is 5.89 Å². The molecule has 6 heteroatoms. The lowest BCUT2D eigenvalue weighted by Crippen LogP contribution is -2.09. The fourth-order valence-corrected chi connectivity index (χ4v) is 2.88. The fraction of sp³-hybridized carbons (Fsp3) is 0.263. The van der Waals surface area contributed by atoms with Gasteiger partial charge >= 0.3 is 0 Å². The van der Waals surface area contributed by atoms with Crippen molar-refractivity contribution in [2.45, 2.75) is 26.2 Å². The van der Waals surface area contributed by atoms with Crippen molar-refractivity contribution >= 4 is 34.3 Å². The average molecular weight is 355 g/mol. The molecule has 25 heavy (non-hydrogen) atoms. The topological polar surface area (TPSA) is 60.2 Å². The predicted molar refractivity (Wildman–Crippen MR) is 103 cm³/mol. The maximum absolute atomic E-state index is 5.76. The van der Waals surface area contributed by atoms with Gasteiger partial charge in [-0.05, 0) is 18.2 Å². The maximum atomic E-state index is 5.76. The van der Waals surface area contributed by atoms with Gasteiger partial charge in [-0.3, -0.25) is 0 Å². The third-order valence-electron chi connectivity index (χ3n) is 3.53. The minimum Gasteiger partial charge on any atom is -0.495 e. The number of thiazole rings is 1. The zero-order valence-electron chi connectivity index (χ0n) is 14.7. The van der Waals surface area contributed by atoms with Gasteiger partial charge in [0.05, 0.1) is 19.0 Å². The Morgan fingerprint density at radius 3 is 2.64 bits per heavy atom. The van der Waals surface area contributed by atoms with Crippen LogP contribution in [0.5, 0.6) is 5.75 Å². The molecule has 0 aliphatic heterocycles. The van der Waals surface area contributed by atoms with Crippen molar-refractivity contribution in [1.82, 2.24) is 9.97 Å². The Hall–Kier alpha value is -2.60. The zero-order chi connectivity index (χ0) is 17.9. The summed E-state index contributed by atoms with van der Waals surface area (Å²) in [5.74, 6) is 2.25. The molecule has 3 rings (SSSR count). The molecule has 1 aromatic carbocycles. The Kier molecular flexibility index (Phi) is 4.90. The monoisotopic (exact) mass is 355 g/mol. The number of oxazole rings is 1. The molecule has 5 nitrogen and oxygen atoms in total. The molecule has 0 atom stereocenters. The molecule has 0 radical (unpaired) electrons. The van der Waals surface area contributed by atoms with Crippen LogP contribution < -0.4 is 10.1 Å². The number of para-hydroxylation sites is 2. The van der Waals surface area contributed by atoms with Crippen LogP contribution in [-0.2, 0) is 5.41 Å². The molecule has 0 saturated carbocycles. The van der Waals surface area contributed by atoms with Gasteiger partial charge in [0.1, 0.15) is 11.5 Å². The van der Waals surface area contributed by atoms with Gasteiger partial charge in [-0.2, -0.15) is 0 Å². The van der Waals surface area contributed by atoms with Gasteiger partial charge in [0, 0.05) is 22.6 Å². The van der Waals surface area contributed by atoms with E-state index in [4.69, 9.17) is 9.15 Å². The second kappa shape index (κ2) is 7.11. The third kappa shape index (κ3) is 4.28. The second-order valence-electron chi connectivity index (χ2n) is 6.54. The SMILES string of the molecule is COc1ccccc1Nc1ncc(C=Cc2ncc(C(C)(C)C)o2)s1. The summed E-state index contributed by atoms with van der Waals surface area (Å²) < 4.78 is 11.1. The van der Waals surface area contributed by atoms with Gasteiger partial charge in [0.15, 0.2) is 5.13 Å². The van der Waals surface area contributed by atoms with E-state index in [9.17, 15) is 0 Å². The van der Waals surface area contributed by atoms with E-state index in [1.165, 1.54) is 0 Å². The predicted octanol–water partition coefficient (Wildman–Crippen LogP) is 5.35. The molecular weight excluding hydrogens is 334 g/mol. The number of anilines is 2. The molecule has 2 aromatic heterocycles. The molecule has 3 aromatic rings. The molecule has 0 fully saturated rings. The minimum absolute atomic E-state index is 0.0462. The van der Waals surface area contributed by atoms with Crippen LogP contribution in [0.25, 0.3) is 12.2 Å². The Balaban J connectivity index is 1.70. The van der Waals surface area contributed by atoms with Crippen LogP contribution in [0.2, 0.25) is 0 Å². The standard InChI is InChI=1S/C19H21N3O2S/c1-19(2,3)16-12-20-17(24-16)10-9-13-11-21-18(25-13)22-14-7-5-6-8-15(14)23-4/h5-12H,1-4H3,(H,21,22). The van der Waals surface area contributed by atoms with E-state index in [1.807, 2.05) is 42.6 Å². The molecule has 130 valence electrons. The van der Waals surface area contributed by atoms with Crippen LogP contribution in [0, 0.1) is 0 Å². The molecule has 0 amide bonds. The van der Waals surface area contributed by atoms with E-state index < -0.39 is 0 Å². The van der Waals surface area contributed by atoms with E-state index in [0.29, 0.717) is 5.89 Å². The van der Waals surface area contributed by atoms with Gasteiger partial charge in [-0.25, -0.2) is 9.97 Å². The highest BCUT2D eigenvalue weighted by molar-refractivity contribution is 7.16. The summed E-state index contributed by atoms with van der Waals surface area (Å²) in [4.78, 5) is 9.69. The highest BCUT2D eigenvalue weighted by atomic mass is 32.1. The van der Waals surface area contributed by atoms with Crippen LogP contribution >= 0.6 is 11.3 Å². The molecule has 2 heterocycles. The van der Waals surface area contributed by atoms with Crippen LogP contribution in [0.3, 0.4) is 0 Å². The third-order valence-corrected chi connectivity index (χ3v) is 4.40. The molecular formula is C19H21N3O2S. The van der Waals surface area contributed by atoms with Crippen molar-refractivity contribution in [3.8, 4) is 5.75 Å². The smallest absolute Gasteiger partial charge is 0.218 e. The number of hydrogen-bond acceptors (Lipinski definition) is 6. The molecule has 1 N–H and O–H groups in total. The second-order valence-corrected chi connectivity index (χ2v) is 7.60. The Labute approximate surface area is 151 Å². The van der Waals surface area contributed by atoms with Gasteiger partial charge in [0.25, 0.3) is 0 Å². The number of rotatable bonds is 5. The first-order valence-electron chi connectivity index (χ1n) is 7.96. The van der Waals surface area contributed by atoms with Gasteiger partial charge in [-0.1, -0.05) is 44.2 Å². The number of hydrogen-bond donors (Lipinski definition) is 1. The van der Waals surface area contributed by atoms with E-state index in [0.717, 1.165) is 27.2 Å². The quantitative estimate of drug-likeness (QED) is 0.668. The number of benzene rings is 1. The lowest BCUT2D eigenvalue weighted by atomic mass is 9.94. The lowest BCUT2D eigenvalue weighted by Gasteiger charge is -2.12. The highest BCUT2D eigenvalue weighted by Crippen LogP contribution is 2.30. The van der Waals surface area contributed by atoms with E-state index >= 15 is 0 Å². The summed E-state index contributed by atoms with van der Waals surface area (Å²) in [6.45, 7) is 6.29. The van der Waals surface area contributed by atoms with Gasteiger partial charge in [-0.15, -0.1) is 0 Å². The zero-order valence-corrected chi connectivity index (χ0v) is 15.6. The molecule has 0 bridgehead atoms. The first-order chi connectivity index (χ1) is 12.0. The highest BCUT2D eigenvalue weighted by Gasteiger charge is 2.18. The maximum Gasteiger partial charge on any atom is 0.218 e. The van der Waals surface area contributed by atoms with Crippen LogP contribution in [0.4, 0.5) is 10.8 Å². The summed E-state index contributed by atoms with van der Waals surface area (Å²) in [6, 6.07) is 7.75. The van der Waals surface area contributed by atoms with Crippen molar-refractivity contribution in [1.29, 1.82) is 0 Å². The van der Waals surface area contributed by atoms with Crippen LogP contribution in [0.15, 0.2) is 41.1 Å². The van der Waals surface area contributed by atoms with Crippen molar-refractivity contribution in [2.24, 2.45) is 0 Å². The summed E-state index contributed by atoms with van der Waals surface area (Å²) >= 11 is 1.54. The number of methoxy groups -OCH3 is 1. The van der Waals surface area contributed by atoms with Crippen molar-refractivity contribution in [3.05, 3.63) is 53.2 Å². The number of nitrogens with one attached hydrogen (secondary N) is 1. The molecule has 0 aliphatic rings. The molecule has 0 aliphatic carbocycles. The van der Waals surface area contributed by atoms with E-state index in [2.05, 4.69) is 36.1 Å². The van der Waals surface area contributed by atoms with Crippen molar-refractivity contribution in [2.75, 3.05) is 12.4 Å². The summed E-state index contributed by atoms with van der Waals surface area (Å²) in [5.41, 5.74) is 0.840. The number of ether oxygens (including phenoxy) is 1. The lowest BCUT2D eigenvalue weighted by molar-refractivity contribution is 0.403. The van der Waals surface area contributed by atoms with Gasteiger partial charge < -0.3 is 14.5 Å². The first-order valence-corrected chi connectivity index (χ1v) is 8.77. The Morgan fingerprint density at radius 1 is 1.12 bits per heavy atom. The van der Waals surface area contributed by atoms with Crippen molar-refractivity contribution in [3.63, 3.8) is 0 Å². The summed E-state index contributed by atoms with van der Waals surface area (Å²) in [5, 5.41) is 4.07. The largest absolute Gasteiger partial charge is 0.495 e. The summed E-state index contributed by atoms with van der Waals surface area (Å²) in [6.07, 6.45) is 7.40. The van der Waals surface area contributed by atoms with Crippen LogP contribution in [0.1, 0.15) is 37.3 Å². The first kappa shape index (κ1) is 17.2. The van der Waals surface area contributed by atoms with E-state index in [-0.39, 0.29) is 5.41 Å². The van der Waals surface area contributed by atoms with E-state index in [1.54, 1.807) is 24.6 Å². The fourth-order valence-electron chi connectivity index (χ4n) is 2.15. The summed E-state index contributed by atoms with van der Waals surface area (Å²) in [7, 11) is 1.65. The Morgan fingerprint density at radius 2 is 1.92 bits per heavy atom. The Bertz CT molecular complexity index is 875. The minimum atomic E-state index is -0.0462. The number of nitrogens with zero attached hydrogens (tertiary/aromatic N) is 2. The number of aromatic nitrogens is 2. The average Bonchev–Trinajstić information content (AvgIpc) is 3.22. The molecule has 0 saturated heterocycles. The normalized spacial score (nSPS) is 11.8. The van der Waals surface area contributed by atoms with Crippen molar-refractivity contribution < 1.29 is 9.15 Å². The van der Waals surface area contributed by atoms with Crippen LogP contribution in [-0.4, -0.2) is 17.1 Å². The molecule has 0 spiro atoms.